The summed E-state index contributed by atoms with van der Waals surface area (Å²) in [6, 6.07) is 5.53. The molecule has 1 aliphatic rings. The highest BCUT2D eigenvalue weighted by molar-refractivity contribution is 7.92. The second-order valence-corrected chi connectivity index (χ2v) is 8.48. The molecule has 0 bridgehead atoms. The third kappa shape index (κ3) is 5.54. The summed E-state index contributed by atoms with van der Waals surface area (Å²) >= 11 is 0. The van der Waals surface area contributed by atoms with Crippen molar-refractivity contribution in [1.29, 1.82) is 0 Å². The van der Waals surface area contributed by atoms with E-state index in [9.17, 15) is 13.2 Å². The molecule has 0 atom stereocenters. The Hall–Kier alpha value is -1.93. The van der Waals surface area contributed by atoms with Crippen LogP contribution < -0.4 is 9.73 Å². The maximum absolute atomic E-state index is 12.2. The molecule has 0 aromatic heterocycles. The number of sulfonamides is 1. The van der Waals surface area contributed by atoms with Crippen molar-refractivity contribution in [2.45, 2.75) is 26.7 Å². The zero-order valence-corrected chi connectivity index (χ0v) is 16.1. The molecular formula is C17H26N4O3S. The molecule has 1 amide bonds. The molecule has 1 aromatic rings. The van der Waals surface area contributed by atoms with E-state index in [0.29, 0.717) is 5.69 Å². The van der Waals surface area contributed by atoms with Crippen LogP contribution in [0.1, 0.15) is 24.0 Å². The van der Waals surface area contributed by atoms with Crippen molar-refractivity contribution in [2.75, 3.05) is 37.2 Å². The van der Waals surface area contributed by atoms with E-state index >= 15 is 0 Å². The summed E-state index contributed by atoms with van der Waals surface area (Å²) in [6.45, 7) is 5.23. The molecule has 8 heteroatoms. The Morgan fingerprint density at radius 1 is 1.28 bits per heavy atom. The first-order valence-corrected chi connectivity index (χ1v) is 10.1. The number of aryl methyl sites for hydroxylation is 2. The van der Waals surface area contributed by atoms with Gasteiger partial charge in [-0.3, -0.25) is 9.10 Å². The number of carbonyl (C=O) groups is 1. The fraction of sp³-hybridized carbons (Fsp3) is 0.529. The lowest BCUT2D eigenvalue weighted by atomic mass is 10.1. The van der Waals surface area contributed by atoms with E-state index in [0.717, 1.165) is 53.3 Å². The van der Waals surface area contributed by atoms with Crippen molar-refractivity contribution in [3.63, 3.8) is 0 Å². The lowest BCUT2D eigenvalue weighted by Crippen LogP contribution is -2.40. The monoisotopic (exact) mass is 366 g/mol. The predicted octanol–water partition coefficient (Wildman–Crippen LogP) is 1.27. The van der Waals surface area contributed by atoms with E-state index in [2.05, 4.69) is 15.4 Å². The van der Waals surface area contributed by atoms with Gasteiger partial charge in [-0.25, -0.2) is 13.8 Å². The molecule has 1 fully saturated rings. The van der Waals surface area contributed by atoms with Crippen LogP contribution in [-0.4, -0.2) is 57.9 Å². The van der Waals surface area contributed by atoms with Gasteiger partial charge in [0.25, 0.3) is 5.91 Å². The standard InChI is InChI=1S/C17H26N4O3S/c1-13-5-6-14(2)16(11-13)21(25(4,23)24)12-17(22)19-18-15-7-9-20(3)10-8-15/h5-6,11H,7-10,12H2,1-4H3,(H,19,22). The Kier molecular flexibility index (Phi) is 6.18. The van der Waals surface area contributed by atoms with E-state index in [1.54, 1.807) is 6.07 Å². The average molecular weight is 366 g/mol. The largest absolute Gasteiger partial charge is 0.306 e. The van der Waals surface area contributed by atoms with Crippen molar-refractivity contribution >= 4 is 27.3 Å². The van der Waals surface area contributed by atoms with Crippen molar-refractivity contribution in [1.82, 2.24) is 10.3 Å². The summed E-state index contributed by atoms with van der Waals surface area (Å²) in [5.41, 5.74) is 5.68. The summed E-state index contributed by atoms with van der Waals surface area (Å²) in [5, 5.41) is 4.16. The minimum absolute atomic E-state index is 0.292. The third-order valence-corrected chi connectivity index (χ3v) is 5.35. The Bertz CT molecular complexity index is 764. The van der Waals surface area contributed by atoms with Gasteiger partial charge in [0.05, 0.1) is 11.9 Å². The molecule has 0 unspecified atom stereocenters. The number of hydrogen-bond donors (Lipinski definition) is 1. The van der Waals surface area contributed by atoms with Gasteiger partial charge in [-0.2, -0.15) is 5.10 Å². The number of amides is 1. The van der Waals surface area contributed by atoms with E-state index in [-0.39, 0.29) is 6.54 Å². The number of nitrogens with zero attached hydrogens (tertiary/aromatic N) is 3. The molecule has 1 aliphatic heterocycles. The number of anilines is 1. The van der Waals surface area contributed by atoms with Gasteiger partial charge in [0.15, 0.2) is 0 Å². The van der Waals surface area contributed by atoms with E-state index in [1.807, 2.05) is 33.0 Å². The number of rotatable bonds is 5. The first kappa shape index (κ1) is 19.4. The summed E-state index contributed by atoms with van der Waals surface area (Å²) in [5.74, 6) is -0.447. The molecule has 0 radical (unpaired) electrons. The van der Waals surface area contributed by atoms with E-state index < -0.39 is 15.9 Å². The van der Waals surface area contributed by atoms with Crippen LogP contribution in [0.25, 0.3) is 0 Å². The highest BCUT2D eigenvalue weighted by Crippen LogP contribution is 2.23. The zero-order valence-electron chi connectivity index (χ0n) is 15.2. The van der Waals surface area contributed by atoms with Gasteiger partial charge in [-0.1, -0.05) is 12.1 Å². The van der Waals surface area contributed by atoms with Crippen LogP contribution in [0.2, 0.25) is 0 Å². The van der Waals surface area contributed by atoms with Crippen LogP contribution in [0.5, 0.6) is 0 Å². The smallest absolute Gasteiger partial charge is 0.260 e. The minimum atomic E-state index is -3.59. The number of carbonyl (C=O) groups excluding carboxylic acids is 1. The topological polar surface area (TPSA) is 82.1 Å². The number of hydrazone groups is 1. The summed E-state index contributed by atoms with van der Waals surface area (Å²) in [6.07, 6.45) is 2.72. The normalized spacial score (nSPS) is 15.8. The fourth-order valence-corrected chi connectivity index (χ4v) is 3.57. The molecule has 2 rings (SSSR count). The molecule has 0 aliphatic carbocycles. The fourth-order valence-electron chi connectivity index (χ4n) is 2.66. The van der Waals surface area contributed by atoms with Gasteiger partial charge in [0.2, 0.25) is 10.0 Å². The molecule has 0 spiro atoms. The predicted molar refractivity (Wildman–Crippen MR) is 100 cm³/mol. The Morgan fingerprint density at radius 3 is 2.52 bits per heavy atom. The quantitative estimate of drug-likeness (QED) is 0.796. The van der Waals surface area contributed by atoms with Crippen molar-refractivity contribution in [3.05, 3.63) is 29.3 Å². The molecule has 138 valence electrons. The van der Waals surface area contributed by atoms with Gasteiger partial charge < -0.3 is 4.90 Å². The first-order chi connectivity index (χ1) is 11.7. The number of nitrogens with one attached hydrogen (secondary N) is 1. The highest BCUT2D eigenvalue weighted by atomic mass is 32.2. The Balaban J connectivity index is 2.11. The van der Waals surface area contributed by atoms with Gasteiger partial charge in [0.1, 0.15) is 6.54 Å². The molecular weight excluding hydrogens is 340 g/mol. The van der Waals surface area contributed by atoms with E-state index in [4.69, 9.17) is 0 Å². The molecule has 7 nitrogen and oxygen atoms in total. The SMILES string of the molecule is Cc1ccc(C)c(N(CC(=O)NN=C2CCN(C)CC2)S(C)(=O)=O)c1. The molecule has 25 heavy (non-hydrogen) atoms. The highest BCUT2D eigenvalue weighted by Gasteiger charge is 2.22. The summed E-state index contributed by atoms with van der Waals surface area (Å²) in [7, 11) is -1.54. The lowest BCUT2D eigenvalue weighted by Gasteiger charge is -2.24. The Labute approximate surface area is 149 Å². The van der Waals surface area contributed by atoms with Crippen molar-refractivity contribution in [3.8, 4) is 0 Å². The maximum atomic E-state index is 12.2. The minimum Gasteiger partial charge on any atom is -0.306 e. The Morgan fingerprint density at radius 2 is 1.92 bits per heavy atom. The zero-order chi connectivity index (χ0) is 18.6. The second kappa shape index (κ2) is 7.97. The molecule has 1 N–H and O–H groups in total. The van der Waals surface area contributed by atoms with Gasteiger partial charge >= 0.3 is 0 Å². The second-order valence-electron chi connectivity index (χ2n) is 6.58. The first-order valence-electron chi connectivity index (χ1n) is 8.24. The van der Waals surface area contributed by atoms with E-state index in [1.165, 1.54) is 0 Å². The third-order valence-electron chi connectivity index (χ3n) is 4.22. The van der Waals surface area contributed by atoms with Gasteiger partial charge in [-0.15, -0.1) is 0 Å². The van der Waals surface area contributed by atoms with Crippen LogP contribution in [-0.2, 0) is 14.8 Å². The summed E-state index contributed by atoms with van der Waals surface area (Å²) in [4.78, 5) is 14.4. The molecule has 1 heterocycles. The lowest BCUT2D eigenvalue weighted by molar-refractivity contribution is -0.119. The number of hydrogen-bond acceptors (Lipinski definition) is 5. The van der Waals surface area contributed by atoms with Crippen LogP contribution in [0.4, 0.5) is 5.69 Å². The average Bonchev–Trinajstić information content (AvgIpc) is 2.53. The van der Waals surface area contributed by atoms with Gasteiger partial charge in [-0.05, 0) is 38.1 Å². The van der Waals surface area contributed by atoms with Crippen LogP contribution in [0.15, 0.2) is 23.3 Å². The van der Waals surface area contributed by atoms with Crippen LogP contribution >= 0.6 is 0 Å². The van der Waals surface area contributed by atoms with Crippen molar-refractivity contribution < 1.29 is 13.2 Å². The molecule has 1 aromatic carbocycles. The van der Waals surface area contributed by atoms with Gasteiger partial charge in [0, 0.05) is 31.6 Å². The summed E-state index contributed by atoms with van der Waals surface area (Å²) < 4.78 is 25.5. The van der Waals surface area contributed by atoms with Crippen LogP contribution in [0.3, 0.4) is 0 Å². The van der Waals surface area contributed by atoms with Crippen LogP contribution in [0, 0.1) is 13.8 Å². The number of benzene rings is 1. The number of likely N-dealkylation sites (tertiary alicyclic amines) is 1. The number of piperidine rings is 1. The maximum Gasteiger partial charge on any atom is 0.260 e. The molecule has 0 saturated carbocycles. The van der Waals surface area contributed by atoms with Crippen molar-refractivity contribution in [2.24, 2.45) is 5.10 Å². The molecule has 1 saturated heterocycles.